The number of carbonyl (C=O) groups is 2. The number of aryl methyl sites for hydroxylation is 2. The molecule has 8 heteroatoms. The minimum atomic E-state index is -0.372. The van der Waals surface area contributed by atoms with Crippen molar-refractivity contribution in [1.82, 2.24) is 25.3 Å². The zero-order valence-electron chi connectivity index (χ0n) is 13.1. The van der Waals surface area contributed by atoms with Crippen molar-refractivity contribution in [2.45, 2.75) is 19.9 Å². The van der Waals surface area contributed by atoms with E-state index in [4.69, 9.17) is 0 Å². The number of carbonyl (C=O) groups excluding carboxylic acids is 2. The van der Waals surface area contributed by atoms with Crippen LogP contribution in [-0.4, -0.2) is 46.4 Å². The van der Waals surface area contributed by atoms with E-state index in [1.54, 1.807) is 11.3 Å². The molecule has 2 aromatic heterocycles. The van der Waals surface area contributed by atoms with Gasteiger partial charge in [0.2, 0.25) is 0 Å². The fourth-order valence-corrected chi connectivity index (χ4v) is 3.51. The maximum Gasteiger partial charge on any atom is 0.325 e. The lowest BCUT2D eigenvalue weighted by Crippen LogP contribution is -2.44. The molecule has 122 valence electrons. The molecule has 1 atom stereocenters. The Hall–Kier alpha value is -2.35. The molecule has 4 amide bonds. The molecule has 2 N–H and O–H groups in total. The molecule has 1 aliphatic rings. The van der Waals surface area contributed by atoms with Gasteiger partial charge in [-0.25, -0.2) is 14.5 Å². The first-order chi connectivity index (χ1) is 11.1. The molecule has 0 saturated carbocycles. The molecule has 1 saturated heterocycles. The molecule has 1 fully saturated rings. The Bertz CT molecular complexity index is 710. The van der Waals surface area contributed by atoms with Crippen molar-refractivity contribution < 1.29 is 9.59 Å². The smallest absolute Gasteiger partial charge is 0.325 e. The first-order valence-electron chi connectivity index (χ1n) is 7.45. The minimum Gasteiger partial charge on any atom is -0.336 e. The second kappa shape index (κ2) is 6.41. The van der Waals surface area contributed by atoms with Crippen molar-refractivity contribution in [3.05, 3.63) is 39.8 Å². The molecule has 0 aromatic carbocycles. The van der Waals surface area contributed by atoms with Crippen molar-refractivity contribution in [3.8, 4) is 0 Å². The third-order valence-corrected chi connectivity index (χ3v) is 4.73. The third kappa shape index (κ3) is 3.21. The summed E-state index contributed by atoms with van der Waals surface area (Å²) in [7, 11) is 0. The largest absolute Gasteiger partial charge is 0.336 e. The second-order valence-electron chi connectivity index (χ2n) is 5.47. The molecule has 0 bridgehead atoms. The predicted molar refractivity (Wildman–Crippen MR) is 87.7 cm³/mol. The number of hydrogen-bond acceptors (Lipinski definition) is 4. The monoisotopic (exact) mass is 333 g/mol. The van der Waals surface area contributed by atoms with Gasteiger partial charge < -0.3 is 10.6 Å². The average Bonchev–Trinajstić information content (AvgIpc) is 3.22. The predicted octanol–water partition coefficient (Wildman–Crippen LogP) is 1.89. The van der Waals surface area contributed by atoms with Gasteiger partial charge in [-0.1, -0.05) is 6.07 Å². The first kappa shape index (κ1) is 15.5. The Morgan fingerprint density at radius 2 is 2.35 bits per heavy atom. The Balaban J connectivity index is 1.76. The fourth-order valence-electron chi connectivity index (χ4n) is 2.69. The van der Waals surface area contributed by atoms with Crippen molar-refractivity contribution in [1.29, 1.82) is 0 Å². The van der Waals surface area contributed by atoms with Crippen LogP contribution >= 0.6 is 11.3 Å². The van der Waals surface area contributed by atoms with Crippen LogP contribution in [0.1, 0.15) is 22.3 Å². The normalized spacial score (nSPS) is 15.6. The molecule has 0 unspecified atom stereocenters. The van der Waals surface area contributed by atoms with Gasteiger partial charge in [-0.05, 0) is 31.4 Å². The van der Waals surface area contributed by atoms with Gasteiger partial charge in [-0.15, -0.1) is 11.3 Å². The van der Waals surface area contributed by atoms with Crippen LogP contribution in [0, 0.1) is 13.8 Å². The van der Waals surface area contributed by atoms with E-state index in [2.05, 4.69) is 15.7 Å². The summed E-state index contributed by atoms with van der Waals surface area (Å²) in [6, 6.07) is 5.22. The highest BCUT2D eigenvalue weighted by molar-refractivity contribution is 7.10. The molecular weight excluding hydrogens is 314 g/mol. The van der Waals surface area contributed by atoms with E-state index in [1.807, 2.05) is 42.1 Å². The van der Waals surface area contributed by atoms with Crippen molar-refractivity contribution >= 4 is 23.4 Å². The van der Waals surface area contributed by atoms with Crippen LogP contribution in [0.5, 0.6) is 0 Å². The molecule has 3 heterocycles. The number of urea groups is 2. The summed E-state index contributed by atoms with van der Waals surface area (Å²) in [4.78, 5) is 26.0. The Kier molecular flexibility index (Phi) is 4.33. The molecule has 3 rings (SSSR count). The topological polar surface area (TPSA) is 79.3 Å². The van der Waals surface area contributed by atoms with Crippen LogP contribution in [0.15, 0.2) is 23.6 Å². The zero-order valence-corrected chi connectivity index (χ0v) is 13.9. The summed E-state index contributed by atoms with van der Waals surface area (Å²) < 4.78 is 1.92. The van der Waals surface area contributed by atoms with E-state index in [0.29, 0.717) is 19.6 Å². The quantitative estimate of drug-likeness (QED) is 0.897. The number of amides is 4. The van der Waals surface area contributed by atoms with Gasteiger partial charge in [-0.2, -0.15) is 5.10 Å². The molecule has 0 aliphatic carbocycles. The number of nitrogens with one attached hydrogen (secondary N) is 2. The second-order valence-corrected chi connectivity index (χ2v) is 6.45. The van der Waals surface area contributed by atoms with Gasteiger partial charge >= 0.3 is 12.1 Å². The van der Waals surface area contributed by atoms with Crippen LogP contribution in [0.4, 0.5) is 9.59 Å². The molecular formula is C15H19N5O2S. The van der Waals surface area contributed by atoms with E-state index >= 15 is 0 Å². The van der Waals surface area contributed by atoms with Crippen LogP contribution in [0.2, 0.25) is 0 Å². The third-order valence-electron chi connectivity index (χ3n) is 3.76. The van der Waals surface area contributed by atoms with E-state index in [9.17, 15) is 9.59 Å². The summed E-state index contributed by atoms with van der Waals surface area (Å²) >= 11 is 1.62. The number of hydrogen-bond donors (Lipinski definition) is 2. The summed E-state index contributed by atoms with van der Waals surface area (Å²) in [6.07, 6.45) is 0. The number of imide groups is 1. The average molecular weight is 333 g/mol. The van der Waals surface area contributed by atoms with Gasteiger partial charge in [0.1, 0.15) is 6.04 Å². The number of nitrogens with zero attached hydrogens (tertiary/aromatic N) is 3. The van der Waals surface area contributed by atoms with Gasteiger partial charge in [0.25, 0.3) is 0 Å². The van der Waals surface area contributed by atoms with E-state index in [0.717, 1.165) is 16.3 Å². The zero-order chi connectivity index (χ0) is 16.4. The fraction of sp³-hybridized carbons (Fsp3) is 0.400. The number of rotatable bonds is 4. The summed E-state index contributed by atoms with van der Waals surface area (Å²) in [5, 5.41) is 12.0. The number of aromatic nitrogens is 2. The number of thiophene rings is 1. The molecule has 23 heavy (non-hydrogen) atoms. The highest BCUT2D eigenvalue weighted by Gasteiger charge is 2.27. The van der Waals surface area contributed by atoms with E-state index in [-0.39, 0.29) is 18.1 Å². The SMILES string of the molecule is Cc1cc(C)n([C@@H](CNC(=O)N2CCNC2=O)c2cccs2)n1. The van der Waals surface area contributed by atoms with E-state index in [1.165, 1.54) is 4.90 Å². The van der Waals surface area contributed by atoms with Gasteiger partial charge in [0.15, 0.2) is 0 Å². The maximum atomic E-state index is 12.2. The lowest BCUT2D eigenvalue weighted by molar-refractivity contribution is 0.198. The summed E-state index contributed by atoms with van der Waals surface area (Å²) in [5.41, 5.74) is 1.98. The van der Waals surface area contributed by atoms with Crippen LogP contribution in [0.3, 0.4) is 0 Å². The molecule has 2 aromatic rings. The Labute approximate surface area is 138 Å². The van der Waals surface area contributed by atoms with Crippen molar-refractivity contribution in [2.75, 3.05) is 19.6 Å². The summed E-state index contributed by atoms with van der Waals surface area (Å²) in [6.45, 7) is 5.22. The van der Waals surface area contributed by atoms with Crippen LogP contribution < -0.4 is 10.6 Å². The van der Waals surface area contributed by atoms with Gasteiger partial charge in [0, 0.05) is 30.2 Å². The Morgan fingerprint density at radius 3 is 2.91 bits per heavy atom. The molecule has 0 radical (unpaired) electrons. The molecule has 0 spiro atoms. The lowest BCUT2D eigenvalue weighted by atomic mass is 10.2. The highest BCUT2D eigenvalue weighted by Crippen LogP contribution is 2.24. The standard InChI is InChI=1S/C15H19N5O2S/c1-10-8-11(2)20(18-10)12(13-4-3-7-23-13)9-17-15(22)19-6-5-16-14(19)21/h3-4,7-8,12H,5-6,9H2,1-2H3,(H,16,21)(H,17,22)/t12-/m0/s1. The minimum absolute atomic E-state index is 0.0849. The summed E-state index contributed by atoms with van der Waals surface area (Å²) in [5.74, 6) is 0. The van der Waals surface area contributed by atoms with Gasteiger partial charge in [0.05, 0.1) is 5.69 Å². The Morgan fingerprint density at radius 1 is 1.52 bits per heavy atom. The molecule has 1 aliphatic heterocycles. The highest BCUT2D eigenvalue weighted by atomic mass is 32.1. The lowest BCUT2D eigenvalue weighted by Gasteiger charge is -2.20. The van der Waals surface area contributed by atoms with Crippen molar-refractivity contribution in [2.24, 2.45) is 0 Å². The van der Waals surface area contributed by atoms with E-state index < -0.39 is 0 Å². The first-order valence-corrected chi connectivity index (χ1v) is 8.33. The maximum absolute atomic E-state index is 12.2. The van der Waals surface area contributed by atoms with Crippen LogP contribution in [-0.2, 0) is 0 Å². The van der Waals surface area contributed by atoms with Crippen LogP contribution in [0.25, 0.3) is 0 Å². The van der Waals surface area contributed by atoms with Crippen molar-refractivity contribution in [3.63, 3.8) is 0 Å². The molecule has 7 nitrogen and oxygen atoms in total. The van der Waals surface area contributed by atoms with Gasteiger partial charge in [-0.3, -0.25) is 4.68 Å².